The Morgan fingerprint density at radius 1 is 1.19 bits per heavy atom. The number of hydrogen-bond acceptors (Lipinski definition) is 4. The number of ether oxygens (including phenoxy) is 1. The van der Waals surface area contributed by atoms with Gasteiger partial charge in [-0.15, -0.1) is 11.8 Å². The Bertz CT molecular complexity index is 742. The fraction of sp³-hybridized carbons (Fsp3) is 0.300. The average Bonchev–Trinajstić information content (AvgIpc) is 2.65. The second-order valence-corrected chi connectivity index (χ2v) is 6.92. The summed E-state index contributed by atoms with van der Waals surface area (Å²) in [5.74, 6) is 1.84. The van der Waals surface area contributed by atoms with E-state index >= 15 is 0 Å². The Kier molecular flexibility index (Phi) is 8.33. The Morgan fingerprint density at radius 3 is 2.50 bits per heavy atom. The maximum absolute atomic E-state index is 12.6. The third-order valence-corrected chi connectivity index (χ3v) is 4.86. The highest BCUT2D eigenvalue weighted by Gasteiger charge is 2.15. The van der Waals surface area contributed by atoms with Crippen molar-refractivity contribution in [3.05, 3.63) is 59.1 Å². The molecule has 0 saturated heterocycles. The second kappa shape index (κ2) is 10.7. The minimum Gasteiger partial charge on any atom is -0.494 e. The van der Waals surface area contributed by atoms with Crippen LogP contribution in [0.1, 0.15) is 18.9 Å². The molecule has 0 heterocycles. The number of hydrogen-bond donors (Lipinski definition) is 0. The van der Waals surface area contributed by atoms with E-state index in [-0.39, 0.29) is 5.91 Å². The molecule has 26 heavy (non-hydrogen) atoms. The van der Waals surface area contributed by atoms with E-state index in [9.17, 15) is 4.79 Å². The van der Waals surface area contributed by atoms with Crippen molar-refractivity contribution >= 4 is 35.0 Å². The highest BCUT2D eigenvalue weighted by atomic mass is 35.5. The Labute approximate surface area is 163 Å². The number of amides is 1. The van der Waals surface area contributed by atoms with E-state index in [0.29, 0.717) is 30.3 Å². The number of halogens is 1. The molecule has 0 N–H and O–H groups in total. The highest BCUT2D eigenvalue weighted by Crippen LogP contribution is 2.22. The lowest BCUT2D eigenvalue weighted by atomic mass is 10.2. The van der Waals surface area contributed by atoms with Crippen molar-refractivity contribution in [2.75, 3.05) is 23.8 Å². The van der Waals surface area contributed by atoms with Crippen molar-refractivity contribution in [2.45, 2.75) is 19.1 Å². The maximum atomic E-state index is 12.6. The fourth-order valence-corrected chi connectivity index (χ4v) is 3.35. The SMILES string of the molecule is CCOc1ccc(N(CCC#N)C(=O)CSCc2ccc(Cl)cc2)cc1. The predicted octanol–water partition coefficient (Wildman–Crippen LogP) is 4.92. The third-order valence-electron chi connectivity index (χ3n) is 3.62. The first-order valence-electron chi connectivity index (χ1n) is 8.36. The molecular formula is C20H21ClN2O2S. The van der Waals surface area contributed by atoms with Crippen LogP contribution in [0.15, 0.2) is 48.5 Å². The standard InChI is InChI=1S/C20H21ClN2O2S/c1-2-25-19-10-8-18(9-11-19)23(13-3-12-22)20(24)15-26-14-16-4-6-17(21)7-5-16/h4-11H,2-3,13-15H2,1H3. The molecule has 0 aromatic heterocycles. The first-order valence-corrected chi connectivity index (χ1v) is 9.89. The normalized spacial score (nSPS) is 10.2. The second-order valence-electron chi connectivity index (χ2n) is 5.50. The van der Waals surface area contributed by atoms with Crippen LogP contribution in [0, 0.1) is 11.3 Å². The van der Waals surface area contributed by atoms with Crippen molar-refractivity contribution in [3.8, 4) is 11.8 Å². The monoisotopic (exact) mass is 388 g/mol. The third kappa shape index (κ3) is 6.29. The van der Waals surface area contributed by atoms with Gasteiger partial charge >= 0.3 is 0 Å². The first-order chi connectivity index (χ1) is 12.6. The minimum absolute atomic E-state index is 0.0108. The summed E-state index contributed by atoms with van der Waals surface area (Å²) in [6.07, 6.45) is 0.292. The molecule has 0 unspecified atom stereocenters. The van der Waals surface area contributed by atoms with Crippen LogP contribution in [-0.4, -0.2) is 24.8 Å². The summed E-state index contributed by atoms with van der Waals surface area (Å²) in [6.45, 7) is 2.90. The van der Waals surface area contributed by atoms with Gasteiger partial charge in [0.25, 0.3) is 0 Å². The Balaban J connectivity index is 1.97. The van der Waals surface area contributed by atoms with E-state index in [0.717, 1.165) is 22.8 Å². The topological polar surface area (TPSA) is 53.3 Å². The van der Waals surface area contributed by atoms with Gasteiger partial charge in [-0.2, -0.15) is 5.26 Å². The molecule has 2 rings (SSSR count). The molecule has 0 fully saturated rings. The van der Waals surface area contributed by atoms with Crippen LogP contribution in [0.5, 0.6) is 5.75 Å². The van der Waals surface area contributed by atoms with E-state index in [1.165, 1.54) is 0 Å². The van der Waals surface area contributed by atoms with E-state index in [1.807, 2.05) is 55.5 Å². The van der Waals surface area contributed by atoms with Crippen LogP contribution in [0.3, 0.4) is 0 Å². The van der Waals surface area contributed by atoms with Gasteiger partial charge in [0.05, 0.1) is 24.8 Å². The van der Waals surface area contributed by atoms with Crippen molar-refractivity contribution in [1.82, 2.24) is 0 Å². The molecule has 4 nitrogen and oxygen atoms in total. The first kappa shape index (κ1) is 20.2. The van der Waals surface area contributed by atoms with Crippen LogP contribution in [0.2, 0.25) is 5.02 Å². The minimum atomic E-state index is -0.0108. The zero-order chi connectivity index (χ0) is 18.8. The van der Waals surface area contributed by atoms with Crippen LogP contribution in [0.25, 0.3) is 0 Å². The molecule has 1 amide bonds. The molecule has 0 radical (unpaired) electrons. The Morgan fingerprint density at radius 2 is 1.88 bits per heavy atom. The molecule has 136 valence electrons. The lowest BCUT2D eigenvalue weighted by molar-refractivity contribution is -0.116. The van der Waals surface area contributed by atoms with Gasteiger partial charge in [0, 0.05) is 23.0 Å². The molecule has 6 heteroatoms. The van der Waals surface area contributed by atoms with Gasteiger partial charge < -0.3 is 9.64 Å². The molecule has 2 aromatic carbocycles. The molecule has 0 aliphatic heterocycles. The number of nitriles is 1. The van der Waals surface area contributed by atoms with Crippen molar-refractivity contribution < 1.29 is 9.53 Å². The van der Waals surface area contributed by atoms with Crippen LogP contribution in [0.4, 0.5) is 5.69 Å². The summed E-state index contributed by atoms with van der Waals surface area (Å²) in [5, 5.41) is 9.58. The van der Waals surface area contributed by atoms with Crippen LogP contribution >= 0.6 is 23.4 Å². The lowest BCUT2D eigenvalue weighted by Gasteiger charge is -2.22. The van der Waals surface area contributed by atoms with Gasteiger partial charge in [0.2, 0.25) is 5.91 Å². The summed E-state index contributed by atoms with van der Waals surface area (Å²) in [4.78, 5) is 14.3. The zero-order valence-corrected chi connectivity index (χ0v) is 16.2. The number of carbonyl (C=O) groups is 1. The summed E-state index contributed by atoms with van der Waals surface area (Å²) in [6, 6.07) is 17.1. The molecule has 2 aromatic rings. The van der Waals surface area contributed by atoms with Gasteiger partial charge in [-0.3, -0.25) is 4.79 Å². The van der Waals surface area contributed by atoms with E-state index < -0.39 is 0 Å². The summed E-state index contributed by atoms with van der Waals surface area (Å²) in [7, 11) is 0. The van der Waals surface area contributed by atoms with Crippen molar-refractivity contribution in [1.29, 1.82) is 5.26 Å². The predicted molar refractivity (Wildman–Crippen MR) is 108 cm³/mol. The smallest absolute Gasteiger partial charge is 0.237 e. The van der Waals surface area contributed by atoms with Gasteiger partial charge in [-0.1, -0.05) is 23.7 Å². The van der Waals surface area contributed by atoms with Gasteiger partial charge in [-0.05, 0) is 48.9 Å². The quantitative estimate of drug-likeness (QED) is 0.611. The summed E-state index contributed by atoms with van der Waals surface area (Å²) in [5.41, 5.74) is 1.90. The molecule has 0 spiro atoms. The van der Waals surface area contributed by atoms with Crippen molar-refractivity contribution in [2.24, 2.45) is 0 Å². The van der Waals surface area contributed by atoms with Crippen molar-refractivity contribution in [3.63, 3.8) is 0 Å². The van der Waals surface area contributed by atoms with Gasteiger partial charge in [0.1, 0.15) is 5.75 Å². The number of anilines is 1. The fourth-order valence-electron chi connectivity index (χ4n) is 2.36. The molecule has 0 atom stereocenters. The van der Waals surface area contributed by atoms with E-state index in [2.05, 4.69) is 6.07 Å². The number of carbonyl (C=O) groups excluding carboxylic acids is 1. The van der Waals surface area contributed by atoms with E-state index in [4.69, 9.17) is 21.6 Å². The van der Waals surface area contributed by atoms with Crippen LogP contribution < -0.4 is 9.64 Å². The number of rotatable bonds is 9. The number of nitrogens with zero attached hydrogens (tertiary/aromatic N) is 2. The summed E-state index contributed by atoms with van der Waals surface area (Å²) >= 11 is 7.43. The molecule has 0 bridgehead atoms. The number of thioether (sulfide) groups is 1. The zero-order valence-electron chi connectivity index (χ0n) is 14.7. The summed E-state index contributed by atoms with van der Waals surface area (Å²) < 4.78 is 5.44. The number of benzene rings is 2. The van der Waals surface area contributed by atoms with Gasteiger partial charge in [-0.25, -0.2) is 0 Å². The lowest BCUT2D eigenvalue weighted by Crippen LogP contribution is -2.33. The van der Waals surface area contributed by atoms with Crippen LogP contribution in [-0.2, 0) is 10.5 Å². The molecule has 0 aliphatic rings. The maximum Gasteiger partial charge on any atom is 0.237 e. The molecule has 0 saturated carbocycles. The van der Waals surface area contributed by atoms with E-state index in [1.54, 1.807) is 16.7 Å². The molecular weight excluding hydrogens is 368 g/mol. The highest BCUT2D eigenvalue weighted by molar-refractivity contribution is 7.99. The average molecular weight is 389 g/mol. The Hall–Kier alpha value is -2.16. The van der Waals surface area contributed by atoms with Gasteiger partial charge in [0.15, 0.2) is 0 Å². The largest absolute Gasteiger partial charge is 0.494 e. The molecule has 0 aliphatic carbocycles.